The van der Waals surface area contributed by atoms with Gasteiger partial charge < -0.3 is 15.1 Å². The molecule has 1 aromatic carbocycles. The van der Waals surface area contributed by atoms with E-state index in [1.807, 2.05) is 11.9 Å². The minimum Gasteiger partial charge on any atom is -0.340 e. The van der Waals surface area contributed by atoms with Crippen molar-refractivity contribution in [1.82, 2.24) is 14.9 Å². The molecular formula is C19H20F3N5O2. The van der Waals surface area contributed by atoms with Crippen molar-refractivity contribution in [2.45, 2.75) is 18.5 Å². The number of aromatic amines is 1. The van der Waals surface area contributed by atoms with Gasteiger partial charge in [0.1, 0.15) is 5.82 Å². The van der Waals surface area contributed by atoms with Crippen LogP contribution in [-0.2, 0) is 11.0 Å². The van der Waals surface area contributed by atoms with Gasteiger partial charge in [0.15, 0.2) is 0 Å². The van der Waals surface area contributed by atoms with Gasteiger partial charge in [-0.3, -0.25) is 14.6 Å². The van der Waals surface area contributed by atoms with Gasteiger partial charge in [0.05, 0.1) is 11.1 Å². The van der Waals surface area contributed by atoms with Crippen LogP contribution in [0, 0.1) is 0 Å². The monoisotopic (exact) mass is 407 g/mol. The second kappa shape index (κ2) is 7.18. The highest BCUT2D eigenvalue weighted by Crippen LogP contribution is 2.41. The van der Waals surface area contributed by atoms with Gasteiger partial charge in [-0.2, -0.15) is 18.2 Å². The molecule has 0 spiro atoms. The van der Waals surface area contributed by atoms with E-state index in [0.717, 1.165) is 19.2 Å². The summed E-state index contributed by atoms with van der Waals surface area (Å²) in [6.45, 7) is 2.86. The van der Waals surface area contributed by atoms with Crippen LogP contribution in [0.15, 0.2) is 29.1 Å². The molecule has 2 aromatic rings. The maximum atomic E-state index is 13.5. The Bertz CT molecular complexity index is 996. The van der Waals surface area contributed by atoms with Crippen molar-refractivity contribution in [2.24, 2.45) is 0 Å². The lowest BCUT2D eigenvalue weighted by molar-refractivity contribution is -0.138. The zero-order chi connectivity index (χ0) is 20.8. The molecule has 154 valence electrons. The molecule has 1 unspecified atom stereocenters. The van der Waals surface area contributed by atoms with Gasteiger partial charge in [-0.1, -0.05) is 18.2 Å². The van der Waals surface area contributed by atoms with Crippen LogP contribution in [-0.4, -0.2) is 54.0 Å². The molecule has 1 amide bonds. The van der Waals surface area contributed by atoms with Gasteiger partial charge >= 0.3 is 6.18 Å². The maximum Gasteiger partial charge on any atom is 0.416 e. The van der Waals surface area contributed by atoms with E-state index in [4.69, 9.17) is 0 Å². The predicted molar refractivity (Wildman–Crippen MR) is 101 cm³/mol. The standard InChI is InChI=1S/C19H20F3N5O2/c1-26-6-8-27(9-7-26)18-24-16-15(17(29)25-18)12(10-14(28)23-16)11-4-2-3-5-13(11)19(20,21)22/h2-5,12H,6-10H2,1H3,(H2,23,24,25,28,29). The minimum absolute atomic E-state index is 0.0286. The average molecular weight is 407 g/mol. The molecule has 1 saturated heterocycles. The van der Waals surface area contributed by atoms with Crippen molar-refractivity contribution >= 4 is 17.7 Å². The van der Waals surface area contributed by atoms with Crippen LogP contribution in [0.2, 0.25) is 0 Å². The average Bonchev–Trinajstić information content (AvgIpc) is 2.67. The fourth-order valence-electron chi connectivity index (χ4n) is 3.85. The molecule has 29 heavy (non-hydrogen) atoms. The summed E-state index contributed by atoms with van der Waals surface area (Å²) in [7, 11) is 1.99. The van der Waals surface area contributed by atoms with E-state index in [1.54, 1.807) is 0 Å². The SMILES string of the molecule is CN1CCN(c2nc3c(c(=O)[nH]2)C(c2ccccc2C(F)(F)F)CC(=O)N3)CC1. The number of H-pyrrole nitrogens is 1. The van der Waals surface area contributed by atoms with Crippen molar-refractivity contribution in [3.8, 4) is 0 Å². The third kappa shape index (κ3) is 3.71. The van der Waals surface area contributed by atoms with Crippen molar-refractivity contribution < 1.29 is 18.0 Å². The van der Waals surface area contributed by atoms with E-state index >= 15 is 0 Å². The lowest BCUT2D eigenvalue weighted by Gasteiger charge is -2.33. The van der Waals surface area contributed by atoms with E-state index in [9.17, 15) is 22.8 Å². The molecule has 0 aliphatic carbocycles. The Morgan fingerprint density at radius 1 is 1.10 bits per heavy atom. The summed E-state index contributed by atoms with van der Waals surface area (Å²) in [4.78, 5) is 36.2. The minimum atomic E-state index is -4.59. The number of likely N-dealkylation sites (N-methyl/N-ethyl adjacent to an activating group) is 1. The summed E-state index contributed by atoms with van der Waals surface area (Å²) >= 11 is 0. The summed E-state index contributed by atoms with van der Waals surface area (Å²) in [5.74, 6) is -1.15. The maximum absolute atomic E-state index is 13.5. The number of aromatic nitrogens is 2. The first kappa shape index (κ1) is 19.4. The van der Waals surface area contributed by atoms with Gasteiger partial charge in [0.2, 0.25) is 11.9 Å². The third-order valence-corrected chi connectivity index (χ3v) is 5.38. The Labute approximate surface area is 164 Å². The molecule has 1 aromatic heterocycles. The van der Waals surface area contributed by atoms with Crippen LogP contribution in [0.1, 0.15) is 29.0 Å². The largest absolute Gasteiger partial charge is 0.416 e. The Balaban J connectivity index is 1.79. The molecule has 10 heteroatoms. The first-order chi connectivity index (χ1) is 13.7. The molecule has 2 aliphatic heterocycles. The number of halogens is 3. The molecule has 7 nitrogen and oxygen atoms in total. The Kier molecular flexibility index (Phi) is 4.81. The summed E-state index contributed by atoms with van der Waals surface area (Å²) in [6, 6.07) is 5.03. The zero-order valence-electron chi connectivity index (χ0n) is 15.7. The lowest BCUT2D eigenvalue weighted by atomic mass is 9.84. The van der Waals surface area contributed by atoms with Gasteiger partial charge in [-0.15, -0.1) is 0 Å². The predicted octanol–water partition coefficient (Wildman–Crippen LogP) is 2.01. The number of amides is 1. The fourth-order valence-corrected chi connectivity index (χ4v) is 3.85. The highest BCUT2D eigenvalue weighted by molar-refractivity contribution is 5.94. The summed E-state index contributed by atoms with van der Waals surface area (Å²) in [5.41, 5.74) is -1.44. The molecule has 1 atom stereocenters. The highest BCUT2D eigenvalue weighted by Gasteiger charge is 2.39. The van der Waals surface area contributed by atoms with Crippen molar-refractivity contribution in [3.63, 3.8) is 0 Å². The van der Waals surface area contributed by atoms with Gasteiger partial charge in [0, 0.05) is 38.5 Å². The number of rotatable bonds is 2. The fraction of sp³-hybridized carbons (Fsp3) is 0.421. The number of piperazine rings is 1. The van der Waals surface area contributed by atoms with Crippen LogP contribution in [0.3, 0.4) is 0 Å². The number of alkyl halides is 3. The Hall–Kier alpha value is -2.88. The van der Waals surface area contributed by atoms with Crippen LogP contribution in [0.25, 0.3) is 0 Å². The Morgan fingerprint density at radius 2 is 1.79 bits per heavy atom. The number of fused-ring (bicyclic) bond motifs is 1. The van der Waals surface area contributed by atoms with Crippen LogP contribution in [0.5, 0.6) is 0 Å². The van der Waals surface area contributed by atoms with E-state index in [1.165, 1.54) is 18.2 Å². The van der Waals surface area contributed by atoms with E-state index in [0.29, 0.717) is 19.0 Å². The number of anilines is 2. The molecule has 2 aliphatic rings. The van der Waals surface area contributed by atoms with Gasteiger partial charge in [-0.05, 0) is 18.7 Å². The van der Waals surface area contributed by atoms with Crippen molar-refractivity contribution in [2.75, 3.05) is 43.4 Å². The van der Waals surface area contributed by atoms with Gasteiger partial charge in [0.25, 0.3) is 5.56 Å². The first-order valence-corrected chi connectivity index (χ1v) is 9.27. The molecular weight excluding hydrogens is 387 g/mol. The summed E-state index contributed by atoms with van der Waals surface area (Å²) < 4.78 is 40.5. The quantitative estimate of drug-likeness (QED) is 0.796. The molecule has 1 fully saturated rings. The normalized spacial score (nSPS) is 20.3. The van der Waals surface area contributed by atoms with Crippen molar-refractivity contribution in [3.05, 3.63) is 51.3 Å². The molecule has 4 rings (SSSR count). The number of nitrogens with zero attached hydrogens (tertiary/aromatic N) is 3. The summed E-state index contributed by atoms with van der Waals surface area (Å²) in [6.07, 6.45) is -4.84. The smallest absolute Gasteiger partial charge is 0.340 e. The number of carbonyl (C=O) groups is 1. The molecule has 2 N–H and O–H groups in total. The number of benzene rings is 1. The van der Waals surface area contributed by atoms with Crippen LogP contribution >= 0.6 is 0 Å². The number of nitrogens with one attached hydrogen (secondary N) is 2. The van der Waals surface area contributed by atoms with E-state index in [-0.39, 0.29) is 23.4 Å². The lowest BCUT2D eigenvalue weighted by Crippen LogP contribution is -2.46. The Morgan fingerprint density at radius 3 is 2.48 bits per heavy atom. The molecule has 0 bridgehead atoms. The molecule has 0 radical (unpaired) electrons. The number of hydrogen-bond donors (Lipinski definition) is 2. The van der Waals surface area contributed by atoms with Crippen LogP contribution in [0.4, 0.5) is 24.9 Å². The second-order valence-corrected chi connectivity index (χ2v) is 7.33. The summed E-state index contributed by atoms with van der Waals surface area (Å²) in [5, 5.41) is 2.56. The van der Waals surface area contributed by atoms with Crippen LogP contribution < -0.4 is 15.8 Å². The third-order valence-electron chi connectivity index (χ3n) is 5.38. The molecule has 3 heterocycles. The number of hydrogen-bond acceptors (Lipinski definition) is 5. The van der Waals surface area contributed by atoms with Gasteiger partial charge in [-0.25, -0.2) is 0 Å². The molecule has 0 saturated carbocycles. The zero-order valence-corrected chi connectivity index (χ0v) is 15.7. The number of carbonyl (C=O) groups excluding carboxylic acids is 1. The van der Waals surface area contributed by atoms with Crippen molar-refractivity contribution in [1.29, 1.82) is 0 Å². The van der Waals surface area contributed by atoms with E-state index in [2.05, 4.69) is 20.2 Å². The highest BCUT2D eigenvalue weighted by atomic mass is 19.4. The van der Waals surface area contributed by atoms with E-state index < -0.39 is 29.1 Å². The topological polar surface area (TPSA) is 81.3 Å². The second-order valence-electron chi connectivity index (χ2n) is 7.33. The first-order valence-electron chi connectivity index (χ1n) is 9.27.